The Morgan fingerprint density at radius 1 is 1.17 bits per heavy atom. The van der Waals surface area contributed by atoms with E-state index in [-0.39, 0.29) is 6.10 Å². The largest absolute Gasteiger partial charge is 0.491 e. The van der Waals surface area contributed by atoms with Crippen molar-refractivity contribution in [3.05, 3.63) is 29.8 Å². The molecule has 2 unspecified atom stereocenters. The lowest BCUT2D eigenvalue weighted by Gasteiger charge is -2.15. The molecule has 0 spiro atoms. The number of rotatable bonds is 8. The van der Waals surface area contributed by atoms with Crippen LogP contribution in [0.4, 0.5) is 0 Å². The van der Waals surface area contributed by atoms with Crippen LogP contribution in [0.2, 0.25) is 0 Å². The van der Waals surface area contributed by atoms with E-state index >= 15 is 0 Å². The van der Waals surface area contributed by atoms with Gasteiger partial charge in [0.2, 0.25) is 0 Å². The van der Waals surface area contributed by atoms with Gasteiger partial charge in [-0.1, -0.05) is 19.1 Å². The van der Waals surface area contributed by atoms with Crippen molar-refractivity contribution in [3.63, 3.8) is 0 Å². The second kappa shape index (κ2) is 8.11. The Balaban J connectivity index is 2.46. The minimum Gasteiger partial charge on any atom is -0.491 e. The summed E-state index contributed by atoms with van der Waals surface area (Å²) in [6, 6.07) is 8.64. The smallest absolute Gasteiger partial charge is 0.119 e. The molecule has 3 heteroatoms. The van der Waals surface area contributed by atoms with Crippen molar-refractivity contribution in [2.24, 2.45) is 0 Å². The third kappa shape index (κ3) is 5.07. The molecule has 0 saturated carbocycles. The molecule has 0 fully saturated rings. The highest BCUT2D eigenvalue weighted by atomic mass is 16.5. The molecule has 0 saturated heterocycles. The number of hydrogen-bond acceptors (Lipinski definition) is 3. The number of ether oxygens (including phenoxy) is 2. The monoisotopic (exact) mass is 251 g/mol. The fourth-order valence-corrected chi connectivity index (χ4v) is 1.61. The predicted molar refractivity (Wildman–Crippen MR) is 75.1 cm³/mol. The third-order valence-corrected chi connectivity index (χ3v) is 2.97. The van der Waals surface area contributed by atoms with E-state index in [0.29, 0.717) is 12.6 Å². The van der Waals surface area contributed by atoms with Crippen LogP contribution in [0, 0.1) is 0 Å². The molecule has 102 valence electrons. The van der Waals surface area contributed by atoms with Crippen LogP contribution in [-0.4, -0.2) is 26.4 Å². The second-order valence-electron chi connectivity index (χ2n) is 4.60. The molecular formula is C15H25NO2. The van der Waals surface area contributed by atoms with Gasteiger partial charge in [-0.25, -0.2) is 0 Å². The summed E-state index contributed by atoms with van der Waals surface area (Å²) in [7, 11) is 1.69. The third-order valence-electron chi connectivity index (χ3n) is 2.97. The van der Waals surface area contributed by atoms with Crippen molar-refractivity contribution < 1.29 is 9.47 Å². The molecule has 0 heterocycles. The van der Waals surface area contributed by atoms with Crippen molar-refractivity contribution in [3.8, 4) is 5.75 Å². The minimum absolute atomic E-state index is 0.120. The Kier molecular flexibility index (Phi) is 6.76. The minimum atomic E-state index is 0.120. The molecule has 0 aliphatic carbocycles. The van der Waals surface area contributed by atoms with E-state index in [2.05, 4.69) is 31.3 Å². The van der Waals surface area contributed by atoms with Gasteiger partial charge in [0.25, 0.3) is 0 Å². The molecule has 0 aliphatic heterocycles. The average Bonchev–Trinajstić information content (AvgIpc) is 2.42. The molecule has 0 bridgehead atoms. The first-order chi connectivity index (χ1) is 8.67. The van der Waals surface area contributed by atoms with Gasteiger partial charge in [0.1, 0.15) is 12.4 Å². The van der Waals surface area contributed by atoms with E-state index in [4.69, 9.17) is 9.47 Å². The van der Waals surface area contributed by atoms with E-state index in [1.165, 1.54) is 5.56 Å². The normalized spacial score (nSPS) is 14.2. The summed E-state index contributed by atoms with van der Waals surface area (Å²) in [6.45, 7) is 7.97. The van der Waals surface area contributed by atoms with Gasteiger partial charge in [0.15, 0.2) is 0 Å². The highest BCUT2D eigenvalue weighted by Crippen LogP contribution is 2.17. The van der Waals surface area contributed by atoms with E-state index in [9.17, 15) is 0 Å². The Hall–Kier alpha value is -1.06. The number of nitrogens with one attached hydrogen (secondary N) is 1. The SMILES string of the molecule is CCCNC(C)c1ccc(OCC(C)OC)cc1. The Morgan fingerprint density at radius 3 is 2.39 bits per heavy atom. The first-order valence-corrected chi connectivity index (χ1v) is 6.66. The van der Waals surface area contributed by atoms with E-state index in [1.54, 1.807) is 7.11 Å². The van der Waals surface area contributed by atoms with Crippen LogP contribution >= 0.6 is 0 Å². The Bertz CT molecular complexity index is 324. The lowest BCUT2D eigenvalue weighted by atomic mass is 10.1. The average molecular weight is 251 g/mol. The summed E-state index contributed by atoms with van der Waals surface area (Å²) >= 11 is 0. The Labute approximate surface area is 110 Å². The second-order valence-corrected chi connectivity index (χ2v) is 4.60. The highest BCUT2D eigenvalue weighted by Gasteiger charge is 2.05. The molecule has 18 heavy (non-hydrogen) atoms. The van der Waals surface area contributed by atoms with Gasteiger partial charge in [-0.2, -0.15) is 0 Å². The van der Waals surface area contributed by atoms with Gasteiger partial charge in [-0.3, -0.25) is 0 Å². The molecule has 2 atom stereocenters. The van der Waals surface area contributed by atoms with Crippen molar-refractivity contribution in [2.45, 2.75) is 39.3 Å². The molecule has 1 N–H and O–H groups in total. The zero-order valence-electron chi connectivity index (χ0n) is 11.9. The standard InChI is InChI=1S/C15H25NO2/c1-5-10-16-13(3)14-6-8-15(9-7-14)18-11-12(2)17-4/h6-9,12-13,16H,5,10-11H2,1-4H3. The fraction of sp³-hybridized carbons (Fsp3) is 0.600. The zero-order valence-corrected chi connectivity index (χ0v) is 11.9. The molecule has 1 aromatic carbocycles. The molecule has 0 aromatic heterocycles. The van der Waals surface area contributed by atoms with Crippen molar-refractivity contribution >= 4 is 0 Å². The van der Waals surface area contributed by atoms with Crippen molar-refractivity contribution in [1.29, 1.82) is 0 Å². The molecule has 0 radical (unpaired) electrons. The van der Waals surface area contributed by atoms with E-state index < -0.39 is 0 Å². The van der Waals surface area contributed by atoms with Crippen LogP contribution in [0.5, 0.6) is 5.75 Å². The van der Waals surface area contributed by atoms with Gasteiger partial charge in [0, 0.05) is 13.2 Å². The van der Waals surface area contributed by atoms with Crippen LogP contribution in [0.25, 0.3) is 0 Å². The van der Waals surface area contributed by atoms with Gasteiger partial charge < -0.3 is 14.8 Å². The van der Waals surface area contributed by atoms with Gasteiger partial charge in [-0.15, -0.1) is 0 Å². The molecule has 0 amide bonds. The van der Waals surface area contributed by atoms with Crippen molar-refractivity contribution in [2.75, 3.05) is 20.3 Å². The molecule has 0 aliphatic rings. The Morgan fingerprint density at radius 2 is 1.83 bits per heavy atom. The topological polar surface area (TPSA) is 30.5 Å². The lowest BCUT2D eigenvalue weighted by molar-refractivity contribution is 0.0716. The number of hydrogen-bond donors (Lipinski definition) is 1. The van der Waals surface area contributed by atoms with Crippen LogP contribution in [0.1, 0.15) is 38.8 Å². The molecule has 3 nitrogen and oxygen atoms in total. The summed E-state index contributed by atoms with van der Waals surface area (Å²) in [6.07, 6.45) is 1.27. The van der Waals surface area contributed by atoms with Gasteiger partial charge >= 0.3 is 0 Å². The van der Waals surface area contributed by atoms with E-state index in [0.717, 1.165) is 18.7 Å². The summed E-state index contributed by atoms with van der Waals surface area (Å²) in [4.78, 5) is 0. The van der Waals surface area contributed by atoms with Crippen LogP contribution in [0.3, 0.4) is 0 Å². The predicted octanol–water partition coefficient (Wildman–Crippen LogP) is 3.16. The van der Waals surface area contributed by atoms with Crippen LogP contribution in [-0.2, 0) is 4.74 Å². The molecule has 1 aromatic rings. The molecule has 1 rings (SSSR count). The summed E-state index contributed by atoms with van der Waals surface area (Å²) in [5.74, 6) is 0.894. The quantitative estimate of drug-likeness (QED) is 0.770. The van der Waals surface area contributed by atoms with Gasteiger partial charge in [-0.05, 0) is 44.5 Å². The summed E-state index contributed by atoms with van der Waals surface area (Å²) in [5, 5.41) is 3.47. The summed E-state index contributed by atoms with van der Waals surface area (Å²) < 4.78 is 10.8. The lowest BCUT2D eigenvalue weighted by Crippen LogP contribution is -2.19. The maximum Gasteiger partial charge on any atom is 0.119 e. The number of methoxy groups -OCH3 is 1. The fourth-order valence-electron chi connectivity index (χ4n) is 1.61. The molecular weight excluding hydrogens is 226 g/mol. The first-order valence-electron chi connectivity index (χ1n) is 6.66. The van der Waals surface area contributed by atoms with Crippen LogP contribution in [0.15, 0.2) is 24.3 Å². The first kappa shape index (κ1) is 15.0. The zero-order chi connectivity index (χ0) is 13.4. The highest BCUT2D eigenvalue weighted by molar-refractivity contribution is 5.28. The van der Waals surface area contributed by atoms with Crippen molar-refractivity contribution in [1.82, 2.24) is 5.32 Å². The maximum atomic E-state index is 5.63. The van der Waals surface area contributed by atoms with E-state index in [1.807, 2.05) is 19.1 Å². The van der Waals surface area contributed by atoms with Crippen LogP contribution < -0.4 is 10.1 Å². The van der Waals surface area contributed by atoms with Gasteiger partial charge in [0.05, 0.1) is 6.10 Å². The summed E-state index contributed by atoms with van der Waals surface area (Å²) in [5.41, 5.74) is 1.29. The number of benzene rings is 1. The maximum absolute atomic E-state index is 5.63.